The number of non-ortho nitro benzene ring substituents is 1. The highest BCUT2D eigenvalue weighted by Crippen LogP contribution is 2.31. The van der Waals surface area contributed by atoms with Gasteiger partial charge in [-0.15, -0.1) is 0 Å². The summed E-state index contributed by atoms with van der Waals surface area (Å²) in [7, 11) is 0. The zero-order chi connectivity index (χ0) is 21.1. The zero-order valence-electron chi connectivity index (χ0n) is 15.5. The van der Waals surface area contributed by atoms with Gasteiger partial charge in [0, 0.05) is 43.3 Å². The maximum absolute atomic E-state index is 12.7. The molecule has 0 spiro atoms. The van der Waals surface area contributed by atoms with Crippen molar-refractivity contribution in [2.24, 2.45) is 0 Å². The van der Waals surface area contributed by atoms with E-state index in [2.05, 4.69) is 0 Å². The molecule has 10 heteroatoms. The first-order chi connectivity index (χ1) is 13.8. The molecule has 0 N–H and O–H groups in total. The van der Waals surface area contributed by atoms with Crippen LogP contribution in [0.15, 0.2) is 36.4 Å². The highest BCUT2D eigenvalue weighted by molar-refractivity contribution is 6.35. The minimum atomic E-state index is -0.705. The van der Waals surface area contributed by atoms with Gasteiger partial charge >= 0.3 is 0 Å². The highest BCUT2D eigenvalue weighted by atomic mass is 35.5. The molecule has 2 aromatic rings. The van der Waals surface area contributed by atoms with Gasteiger partial charge in [0.05, 0.1) is 20.7 Å². The summed E-state index contributed by atoms with van der Waals surface area (Å²) in [4.78, 5) is 26.8. The fourth-order valence-electron chi connectivity index (χ4n) is 3.10. The molecular weight excluding hydrogens is 441 g/mol. The monoisotopic (exact) mass is 457 g/mol. The molecule has 1 aliphatic heterocycles. The summed E-state index contributed by atoms with van der Waals surface area (Å²) in [5, 5.41) is 12.0. The maximum atomic E-state index is 12.7. The number of amides is 1. The van der Waals surface area contributed by atoms with Gasteiger partial charge in [0.2, 0.25) is 0 Å². The molecule has 1 saturated heterocycles. The number of carbonyl (C=O) groups is 1. The molecular formula is C19H18Cl3N3O4. The minimum Gasteiger partial charge on any atom is -0.479 e. The Balaban J connectivity index is 1.60. The molecule has 0 bridgehead atoms. The van der Waals surface area contributed by atoms with Crippen LogP contribution in [0.5, 0.6) is 5.75 Å². The number of piperazine rings is 1. The van der Waals surface area contributed by atoms with E-state index in [9.17, 15) is 14.9 Å². The van der Waals surface area contributed by atoms with E-state index in [1.807, 2.05) is 4.90 Å². The van der Waals surface area contributed by atoms with Crippen molar-refractivity contribution in [1.29, 1.82) is 0 Å². The normalized spacial score (nSPS) is 15.2. The number of rotatable bonds is 5. The van der Waals surface area contributed by atoms with Crippen LogP contribution in [0.1, 0.15) is 6.92 Å². The molecule has 1 unspecified atom stereocenters. The third-order valence-electron chi connectivity index (χ3n) is 4.62. The van der Waals surface area contributed by atoms with Crippen LogP contribution < -0.4 is 9.64 Å². The van der Waals surface area contributed by atoms with Crippen LogP contribution >= 0.6 is 34.8 Å². The van der Waals surface area contributed by atoms with Crippen molar-refractivity contribution in [2.45, 2.75) is 13.0 Å². The molecule has 1 aliphatic rings. The van der Waals surface area contributed by atoms with Gasteiger partial charge in [-0.25, -0.2) is 0 Å². The van der Waals surface area contributed by atoms with Crippen LogP contribution in [0.25, 0.3) is 0 Å². The number of nitro benzene ring substituents is 1. The molecule has 0 radical (unpaired) electrons. The van der Waals surface area contributed by atoms with Crippen molar-refractivity contribution >= 4 is 52.1 Å². The van der Waals surface area contributed by atoms with Crippen molar-refractivity contribution in [3.05, 3.63) is 61.6 Å². The Kier molecular flexibility index (Phi) is 6.72. The van der Waals surface area contributed by atoms with Gasteiger partial charge in [-0.2, -0.15) is 0 Å². The summed E-state index contributed by atoms with van der Waals surface area (Å²) in [6.45, 7) is 3.74. The lowest BCUT2D eigenvalue weighted by Gasteiger charge is -2.37. The zero-order valence-corrected chi connectivity index (χ0v) is 17.7. The summed E-state index contributed by atoms with van der Waals surface area (Å²) in [6, 6.07) is 9.22. The largest absolute Gasteiger partial charge is 0.479 e. The van der Waals surface area contributed by atoms with E-state index in [0.717, 1.165) is 0 Å². The van der Waals surface area contributed by atoms with Crippen molar-refractivity contribution in [2.75, 3.05) is 31.1 Å². The van der Waals surface area contributed by atoms with Gasteiger partial charge in [-0.3, -0.25) is 14.9 Å². The summed E-state index contributed by atoms with van der Waals surface area (Å²) < 4.78 is 5.70. The van der Waals surface area contributed by atoms with E-state index in [1.165, 1.54) is 12.1 Å². The molecule has 2 aromatic carbocycles. The van der Waals surface area contributed by atoms with Crippen LogP contribution in [0.3, 0.4) is 0 Å². The Bertz CT molecular complexity index is 933. The lowest BCUT2D eigenvalue weighted by molar-refractivity contribution is -0.384. The van der Waals surface area contributed by atoms with Crippen molar-refractivity contribution in [3.63, 3.8) is 0 Å². The van der Waals surface area contributed by atoms with E-state index in [1.54, 1.807) is 36.1 Å². The van der Waals surface area contributed by atoms with E-state index < -0.39 is 11.0 Å². The number of nitro groups is 1. The molecule has 1 fully saturated rings. The van der Waals surface area contributed by atoms with Crippen LogP contribution in [-0.2, 0) is 4.79 Å². The average molecular weight is 459 g/mol. The van der Waals surface area contributed by atoms with Crippen LogP contribution in [0, 0.1) is 10.1 Å². The van der Waals surface area contributed by atoms with Crippen molar-refractivity contribution < 1.29 is 14.5 Å². The summed E-state index contributed by atoms with van der Waals surface area (Å²) in [6.07, 6.45) is -0.705. The smallest absolute Gasteiger partial charge is 0.271 e. The summed E-state index contributed by atoms with van der Waals surface area (Å²) in [5.74, 6) is 0.249. The van der Waals surface area contributed by atoms with E-state index in [0.29, 0.717) is 52.7 Å². The summed E-state index contributed by atoms with van der Waals surface area (Å²) in [5.41, 5.74) is 0.654. The number of hydrogen-bond acceptors (Lipinski definition) is 5. The van der Waals surface area contributed by atoms with Gasteiger partial charge in [-0.1, -0.05) is 34.8 Å². The SMILES string of the molecule is CC(Oc1ccc(Cl)cc1Cl)C(=O)N1CCN(c2ccc([N+](=O)[O-])cc2Cl)CC1. The molecule has 3 rings (SSSR count). The molecule has 1 atom stereocenters. The Hall–Kier alpha value is -2.22. The number of nitrogens with zero attached hydrogens (tertiary/aromatic N) is 3. The maximum Gasteiger partial charge on any atom is 0.271 e. The molecule has 7 nitrogen and oxygen atoms in total. The Morgan fingerprint density at radius 3 is 2.34 bits per heavy atom. The van der Waals surface area contributed by atoms with Crippen LogP contribution in [-0.4, -0.2) is 48.0 Å². The number of halogens is 3. The molecule has 0 saturated carbocycles. The molecule has 29 heavy (non-hydrogen) atoms. The van der Waals surface area contributed by atoms with Crippen molar-refractivity contribution in [1.82, 2.24) is 4.90 Å². The quantitative estimate of drug-likeness (QED) is 0.481. The van der Waals surface area contributed by atoms with Crippen LogP contribution in [0.2, 0.25) is 15.1 Å². The number of benzene rings is 2. The number of ether oxygens (including phenoxy) is 1. The molecule has 0 aromatic heterocycles. The predicted molar refractivity (Wildman–Crippen MR) is 113 cm³/mol. The van der Waals surface area contributed by atoms with Crippen LogP contribution in [0.4, 0.5) is 11.4 Å². The Labute approximate surface area is 182 Å². The Morgan fingerprint density at radius 2 is 1.76 bits per heavy atom. The first kappa shape index (κ1) is 21.5. The fraction of sp³-hybridized carbons (Fsp3) is 0.316. The number of hydrogen-bond donors (Lipinski definition) is 0. The van der Waals surface area contributed by atoms with Crippen molar-refractivity contribution in [3.8, 4) is 5.75 Å². The third kappa shape index (κ3) is 5.04. The molecule has 1 amide bonds. The third-order valence-corrected chi connectivity index (χ3v) is 5.45. The van der Waals surface area contributed by atoms with E-state index >= 15 is 0 Å². The predicted octanol–water partition coefficient (Wildman–Crippen LogP) is 4.67. The lowest BCUT2D eigenvalue weighted by Crippen LogP contribution is -2.52. The van der Waals surface area contributed by atoms with Gasteiger partial charge in [0.25, 0.3) is 11.6 Å². The van der Waals surface area contributed by atoms with Gasteiger partial charge < -0.3 is 14.5 Å². The second kappa shape index (κ2) is 9.07. The summed E-state index contributed by atoms with van der Waals surface area (Å²) >= 11 is 18.2. The first-order valence-corrected chi connectivity index (χ1v) is 9.99. The topological polar surface area (TPSA) is 75.9 Å². The molecule has 1 heterocycles. The second-order valence-corrected chi connectivity index (χ2v) is 7.79. The lowest BCUT2D eigenvalue weighted by atomic mass is 10.2. The van der Waals surface area contributed by atoms with E-state index in [-0.39, 0.29) is 11.6 Å². The fourth-order valence-corrected chi connectivity index (χ4v) is 3.85. The minimum absolute atomic E-state index is 0.0561. The first-order valence-electron chi connectivity index (χ1n) is 8.85. The highest BCUT2D eigenvalue weighted by Gasteiger charge is 2.27. The Morgan fingerprint density at radius 1 is 1.07 bits per heavy atom. The number of carbonyl (C=O) groups excluding carboxylic acids is 1. The van der Waals surface area contributed by atoms with Gasteiger partial charge in [-0.05, 0) is 31.2 Å². The number of anilines is 1. The van der Waals surface area contributed by atoms with E-state index in [4.69, 9.17) is 39.5 Å². The molecule has 154 valence electrons. The standard InChI is InChI=1S/C19H18Cl3N3O4/c1-12(29-18-5-2-13(20)10-16(18)22)19(26)24-8-6-23(7-9-24)17-4-3-14(25(27)28)11-15(17)21/h2-5,10-12H,6-9H2,1H3. The van der Waals surface area contributed by atoms with Gasteiger partial charge in [0.15, 0.2) is 6.10 Å². The average Bonchev–Trinajstić information content (AvgIpc) is 2.69. The molecule has 0 aliphatic carbocycles. The second-order valence-electron chi connectivity index (χ2n) is 6.54. The van der Waals surface area contributed by atoms with Gasteiger partial charge in [0.1, 0.15) is 5.75 Å².